The first-order chi connectivity index (χ1) is 18.3. The van der Waals surface area contributed by atoms with Crippen molar-refractivity contribution in [2.24, 2.45) is 0 Å². The van der Waals surface area contributed by atoms with E-state index in [-0.39, 0.29) is 24.0 Å². The molecule has 214 valence electrons. The number of carbonyl (C=O) groups excluding carboxylic acids is 1. The van der Waals surface area contributed by atoms with Gasteiger partial charge in [0.15, 0.2) is 0 Å². The van der Waals surface area contributed by atoms with E-state index < -0.39 is 31.9 Å². The van der Waals surface area contributed by atoms with E-state index in [9.17, 15) is 21.6 Å². The summed E-state index contributed by atoms with van der Waals surface area (Å²) in [6.45, 7) is 6.78. The molecule has 2 aliphatic heterocycles. The quantitative estimate of drug-likeness (QED) is 0.493. The minimum atomic E-state index is -4.02. The standard InChI is InChI=1S/C24H34N6O7S2/c1-24(2,3)37-23(31)28-39(34,35)30-12-9-19(10-13-30)26-22-25-11-8-21(27-22)18-4-6-20(7-5-18)38(32,33)29-14-16-36-17-15-29/h4-8,11,19H,9-10,12-17H2,1-3H3,(H,28,31)(H,25,26,27). The van der Waals surface area contributed by atoms with Gasteiger partial charge in [-0.3, -0.25) is 0 Å². The van der Waals surface area contributed by atoms with E-state index in [2.05, 4.69) is 15.3 Å². The van der Waals surface area contributed by atoms with E-state index in [0.29, 0.717) is 50.8 Å². The zero-order valence-corrected chi connectivity index (χ0v) is 23.8. The van der Waals surface area contributed by atoms with Gasteiger partial charge in [0.1, 0.15) is 5.60 Å². The summed E-state index contributed by atoms with van der Waals surface area (Å²) >= 11 is 0. The van der Waals surface area contributed by atoms with Crippen LogP contribution in [-0.2, 0) is 29.7 Å². The predicted octanol–water partition coefficient (Wildman–Crippen LogP) is 1.81. The number of anilines is 1. The molecular weight excluding hydrogens is 548 g/mol. The van der Waals surface area contributed by atoms with Crippen LogP contribution in [0.5, 0.6) is 0 Å². The van der Waals surface area contributed by atoms with Crippen LogP contribution in [0, 0.1) is 0 Å². The molecule has 39 heavy (non-hydrogen) atoms. The Morgan fingerprint density at radius 2 is 1.62 bits per heavy atom. The Hall–Kier alpha value is -2.85. The molecule has 0 saturated carbocycles. The van der Waals surface area contributed by atoms with Crippen LogP contribution in [0.4, 0.5) is 10.7 Å². The summed E-state index contributed by atoms with van der Waals surface area (Å²) in [7, 11) is -7.60. The maximum atomic E-state index is 12.9. The van der Waals surface area contributed by atoms with E-state index in [1.54, 1.807) is 57.3 Å². The fourth-order valence-electron chi connectivity index (χ4n) is 4.21. The molecule has 0 atom stereocenters. The molecule has 1 aromatic heterocycles. The highest BCUT2D eigenvalue weighted by atomic mass is 32.2. The third-order valence-electron chi connectivity index (χ3n) is 6.15. The molecule has 2 saturated heterocycles. The molecule has 0 aliphatic carbocycles. The number of ether oxygens (including phenoxy) is 2. The van der Waals surface area contributed by atoms with Gasteiger partial charge in [0.05, 0.1) is 23.8 Å². The van der Waals surface area contributed by atoms with Crippen molar-refractivity contribution in [3.63, 3.8) is 0 Å². The number of nitrogens with zero attached hydrogens (tertiary/aromatic N) is 4. The number of hydrogen-bond donors (Lipinski definition) is 2. The summed E-state index contributed by atoms with van der Waals surface area (Å²) in [6, 6.07) is 8.21. The van der Waals surface area contributed by atoms with Gasteiger partial charge < -0.3 is 14.8 Å². The lowest BCUT2D eigenvalue weighted by Gasteiger charge is -2.31. The lowest BCUT2D eigenvalue weighted by Crippen LogP contribution is -2.49. The second-order valence-corrected chi connectivity index (χ2v) is 13.8. The van der Waals surface area contributed by atoms with Gasteiger partial charge in [0, 0.05) is 44.0 Å². The van der Waals surface area contributed by atoms with E-state index in [1.165, 1.54) is 8.61 Å². The van der Waals surface area contributed by atoms with Crippen LogP contribution in [0.3, 0.4) is 0 Å². The van der Waals surface area contributed by atoms with Gasteiger partial charge in [-0.2, -0.15) is 17.0 Å². The number of sulfonamides is 1. The predicted molar refractivity (Wildman–Crippen MR) is 144 cm³/mol. The molecule has 2 aliphatic rings. The Morgan fingerprint density at radius 3 is 2.23 bits per heavy atom. The van der Waals surface area contributed by atoms with Gasteiger partial charge in [-0.1, -0.05) is 12.1 Å². The molecule has 1 amide bonds. The highest BCUT2D eigenvalue weighted by Gasteiger charge is 2.31. The van der Waals surface area contributed by atoms with Crippen molar-refractivity contribution in [2.45, 2.75) is 50.2 Å². The smallest absolute Gasteiger partial charge is 0.422 e. The Labute approximate surface area is 229 Å². The van der Waals surface area contributed by atoms with Crippen LogP contribution in [-0.4, -0.2) is 92.5 Å². The third kappa shape index (κ3) is 7.63. The second-order valence-electron chi connectivity index (χ2n) is 10.2. The largest absolute Gasteiger partial charge is 0.443 e. The van der Waals surface area contributed by atoms with Crippen molar-refractivity contribution in [3.05, 3.63) is 36.5 Å². The molecule has 2 aromatic rings. The lowest BCUT2D eigenvalue weighted by molar-refractivity contribution is 0.0566. The second kappa shape index (κ2) is 11.7. The molecule has 0 spiro atoms. The van der Waals surface area contributed by atoms with Gasteiger partial charge in [-0.25, -0.2) is 27.9 Å². The normalized spacial score (nSPS) is 18.4. The molecule has 2 fully saturated rings. The molecule has 0 unspecified atom stereocenters. The van der Waals surface area contributed by atoms with Crippen molar-refractivity contribution >= 4 is 32.3 Å². The third-order valence-corrected chi connectivity index (χ3v) is 9.53. The molecule has 1 aromatic carbocycles. The first-order valence-electron chi connectivity index (χ1n) is 12.6. The van der Waals surface area contributed by atoms with Crippen molar-refractivity contribution < 1.29 is 31.1 Å². The lowest BCUT2D eigenvalue weighted by atomic mass is 10.1. The molecule has 13 nitrogen and oxygen atoms in total. The topological polar surface area (TPSA) is 160 Å². The number of hydrogen-bond acceptors (Lipinski definition) is 10. The minimum Gasteiger partial charge on any atom is -0.443 e. The maximum absolute atomic E-state index is 12.9. The summed E-state index contributed by atoms with van der Waals surface area (Å²) in [4.78, 5) is 21.0. The van der Waals surface area contributed by atoms with E-state index >= 15 is 0 Å². The Kier molecular flexibility index (Phi) is 8.75. The van der Waals surface area contributed by atoms with E-state index in [4.69, 9.17) is 9.47 Å². The highest BCUT2D eigenvalue weighted by molar-refractivity contribution is 7.89. The number of rotatable bonds is 7. The Morgan fingerprint density at radius 1 is 0.974 bits per heavy atom. The molecule has 0 radical (unpaired) electrons. The molecule has 3 heterocycles. The van der Waals surface area contributed by atoms with E-state index in [1.807, 2.05) is 4.72 Å². The zero-order valence-electron chi connectivity index (χ0n) is 22.2. The Bertz CT molecular complexity index is 1360. The van der Waals surface area contributed by atoms with Crippen LogP contribution in [0.1, 0.15) is 33.6 Å². The molecule has 15 heteroatoms. The van der Waals surface area contributed by atoms with Gasteiger partial charge in [-0.05, 0) is 51.8 Å². The van der Waals surface area contributed by atoms with Crippen LogP contribution in [0.15, 0.2) is 41.4 Å². The number of nitrogens with one attached hydrogen (secondary N) is 2. The average molecular weight is 583 g/mol. The first-order valence-corrected chi connectivity index (χ1v) is 15.5. The number of carbonyl (C=O) groups is 1. The average Bonchev–Trinajstić information content (AvgIpc) is 2.88. The van der Waals surface area contributed by atoms with Gasteiger partial charge in [-0.15, -0.1) is 0 Å². The number of amides is 1. The van der Waals surface area contributed by atoms with Crippen LogP contribution < -0.4 is 10.0 Å². The number of aromatic nitrogens is 2. The van der Waals surface area contributed by atoms with E-state index in [0.717, 1.165) is 5.56 Å². The number of benzene rings is 1. The first kappa shape index (κ1) is 29.1. The fourth-order valence-corrected chi connectivity index (χ4v) is 6.70. The molecular formula is C24H34N6O7S2. The highest BCUT2D eigenvalue weighted by Crippen LogP contribution is 2.24. The SMILES string of the molecule is CC(C)(C)OC(=O)NS(=O)(=O)N1CCC(Nc2nccc(-c3ccc(S(=O)(=O)N4CCOCC4)cc3)n2)CC1. The monoisotopic (exact) mass is 582 g/mol. The summed E-state index contributed by atoms with van der Waals surface area (Å²) in [5.41, 5.74) is 0.535. The van der Waals surface area contributed by atoms with Crippen molar-refractivity contribution in [3.8, 4) is 11.3 Å². The van der Waals surface area contributed by atoms with Crippen LogP contribution in [0.2, 0.25) is 0 Å². The van der Waals surface area contributed by atoms with Gasteiger partial charge in [0.2, 0.25) is 16.0 Å². The summed E-state index contributed by atoms with van der Waals surface area (Å²) in [6.07, 6.45) is 1.56. The fraction of sp³-hybridized carbons (Fsp3) is 0.542. The summed E-state index contributed by atoms with van der Waals surface area (Å²) in [5, 5.41) is 3.24. The summed E-state index contributed by atoms with van der Waals surface area (Å²) in [5.74, 6) is 0.380. The van der Waals surface area contributed by atoms with Crippen molar-refractivity contribution in [2.75, 3.05) is 44.7 Å². The number of morpholine rings is 1. The maximum Gasteiger partial charge on any atom is 0.422 e. The zero-order chi connectivity index (χ0) is 28.3. The summed E-state index contributed by atoms with van der Waals surface area (Å²) < 4.78 is 65.7. The Balaban J connectivity index is 1.34. The number of piperidine rings is 1. The van der Waals surface area contributed by atoms with Crippen molar-refractivity contribution in [1.29, 1.82) is 0 Å². The molecule has 2 N–H and O–H groups in total. The molecule has 4 rings (SSSR count). The van der Waals surface area contributed by atoms with Crippen LogP contribution >= 0.6 is 0 Å². The van der Waals surface area contributed by atoms with Crippen LogP contribution in [0.25, 0.3) is 11.3 Å². The van der Waals surface area contributed by atoms with Crippen molar-refractivity contribution in [1.82, 2.24) is 23.3 Å². The van der Waals surface area contributed by atoms with Gasteiger partial charge in [0.25, 0.3) is 0 Å². The molecule has 0 bridgehead atoms. The minimum absolute atomic E-state index is 0.0748. The van der Waals surface area contributed by atoms with Gasteiger partial charge >= 0.3 is 16.3 Å².